The van der Waals surface area contributed by atoms with E-state index in [9.17, 15) is 0 Å². The zero-order valence-electron chi connectivity index (χ0n) is 16.7. The molecule has 1 fully saturated rings. The Bertz CT molecular complexity index is 847. The van der Waals surface area contributed by atoms with E-state index < -0.39 is 0 Å². The minimum atomic E-state index is 0.341. The van der Waals surface area contributed by atoms with Gasteiger partial charge in [-0.2, -0.15) is 0 Å². The Morgan fingerprint density at radius 3 is 2.69 bits per heavy atom. The lowest BCUT2D eigenvalue weighted by molar-refractivity contribution is 0.155. The first kappa shape index (κ1) is 19.4. The minimum Gasteiger partial charge on any atom is -0.490 e. The number of aliphatic imine (C=N–C) groups is 1. The molecule has 0 saturated heterocycles. The van der Waals surface area contributed by atoms with Crippen molar-refractivity contribution in [2.75, 3.05) is 18.5 Å². The normalized spacial score (nSPS) is 17.4. The number of hydrogen-bond donors (Lipinski definition) is 2. The number of hydrogen-bond acceptors (Lipinski definition) is 4. The third-order valence-corrected chi connectivity index (χ3v) is 5.21. The Labute approximate surface area is 172 Å². The van der Waals surface area contributed by atoms with Crippen LogP contribution in [0.15, 0.2) is 47.5 Å². The van der Waals surface area contributed by atoms with Crippen LogP contribution in [0.5, 0.6) is 17.2 Å². The zero-order chi connectivity index (χ0) is 19.9. The average Bonchev–Trinajstić information content (AvgIpc) is 2.98. The molecule has 1 aliphatic carbocycles. The van der Waals surface area contributed by atoms with Crippen LogP contribution in [0.4, 0.5) is 5.69 Å². The number of nitrogens with one attached hydrogen (secondary N) is 1. The van der Waals surface area contributed by atoms with Crippen molar-refractivity contribution in [1.82, 2.24) is 0 Å². The fraction of sp³-hybridized carbons (Fsp3) is 0.435. The Morgan fingerprint density at radius 2 is 1.83 bits per heavy atom. The van der Waals surface area contributed by atoms with Crippen LogP contribution in [0.25, 0.3) is 0 Å². The quantitative estimate of drug-likeness (QED) is 0.576. The van der Waals surface area contributed by atoms with E-state index in [2.05, 4.69) is 16.4 Å². The second-order valence-electron chi connectivity index (χ2n) is 7.56. The third kappa shape index (κ3) is 5.56. The molecule has 0 aromatic heterocycles. The van der Waals surface area contributed by atoms with Gasteiger partial charge >= 0.3 is 0 Å². The maximum atomic E-state index is 6.14. The van der Waals surface area contributed by atoms with Crippen molar-refractivity contribution in [1.29, 1.82) is 0 Å². The van der Waals surface area contributed by atoms with Gasteiger partial charge in [-0.25, -0.2) is 4.99 Å². The van der Waals surface area contributed by atoms with E-state index >= 15 is 0 Å². The lowest BCUT2D eigenvalue weighted by Crippen LogP contribution is -2.22. The van der Waals surface area contributed by atoms with E-state index in [0.29, 0.717) is 31.8 Å². The highest BCUT2D eigenvalue weighted by atomic mass is 16.5. The van der Waals surface area contributed by atoms with E-state index in [-0.39, 0.29) is 0 Å². The second-order valence-corrected chi connectivity index (χ2v) is 7.56. The van der Waals surface area contributed by atoms with Crippen molar-refractivity contribution in [3.05, 3.63) is 48.0 Å². The highest BCUT2D eigenvalue weighted by Gasteiger charge is 2.15. The highest BCUT2D eigenvalue weighted by molar-refractivity contribution is 5.92. The first-order valence-corrected chi connectivity index (χ1v) is 10.5. The summed E-state index contributed by atoms with van der Waals surface area (Å²) in [6.07, 6.45) is 7.36. The van der Waals surface area contributed by atoms with Gasteiger partial charge in [0.05, 0.1) is 25.9 Å². The standard InChI is InChI=1S/C23H29N3O3/c24-23(26-18-10-11-21-22(15-18)28-13-5-12-27-21)25-16-17-6-4-9-20(14-17)29-19-7-2-1-3-8-19/h4,6,9-11,14-15,19H,1-3,5,7-8,12-13,16H2,(H3,24,25,26). The zero-order valence-corrected chi connectivity index (χ0v) is 16.7. The maximum absolute atomic E-state index is 6.14. The molecule has 2 aromatic carbocycles. The SMILES string of the molecule is NC(=NCc1cccc(OC2CCCCC2)c1)Nc1ccc2c(c1)OCCCO2. The van der Waals surface area contributed by atoms with Gasteiger partial charge in [-0.05, 0) is 55.5 Å². The van der Waals surface area contributed by atoms with Crippen LogP contribution in [0.3, 0.4) is 0 Å². The van der Waals surface area contributed by atoms with Crippen molar-refractivity contribution in [3.8, 4) is 17.2 Å². The summed E-state index contributed by atoms with van der Waals surface area (Å²) in [4.78, 5) is 4.46. The first-order valence-electron chi connectivity index (χ1n) is 10.5. The summed E-state index contributed by atoms with van der Waals surface area (Å²) >= 11 is 0. The van der Waals surface area contributed by atoms with Gasteiger partial charge in [-0.1, -0.05) is 18.6 Å². The van der Waals surface area contributed by atoms with E-state index in [1.54, 1.807) is 0 Å². The van der Waals surface area contributed by atoms with E-state index in [1.807, 2.05) is 36.4 Å². The van der Waals surface area contributed by atoms with Crippen molar-refractivity contribution >= 4 is 11.6 Å². The number of ether oxygens (including phenoxy) is 3. The molecule has 3 N–H and O–H groups in total. The van der Waals surface area contributed by atoms with Crippen LogP contribution in [0.2, 0.25) is 0 Å². The largest absolute Gasteiger partial charge is 0.490 e. The van der Waals surface area contributed by atoms with Gasteiger partial charge in [-0.15, -0.1) is 0 Å². The monoisotopic (exact) mass is 395 g/mol. The third-order valence-electron chi connectivity index (χ3n) is 5.21. The maximum Gasteiger partial charge on any atom is 0.193 e. The van der Waals surface area contributed by atoms with Crippen LogP contribution in [0.1, 0.15) is 44.1 Å². The molecule has 0 bridgehead atoms. The molecule has 0 amide bonds. The molecule has 2 aromatic rings. The molecule has 4 rings (SSSR count). The summed E-state index contributed by atoms with van der Waals surface area (Å²) in [5, 5.41) is 3.12. The molecular weight excluding hydrogens is 366 g/mol. The number of anilines is 1. The average molecular weight is 396 g/mol. The molecule has 6 heteroatoms. The van der Waals surface area contributed by atoms with Gasteiger partial charge in [0.15, 0.2) is 17.5 Å². The smallest absolute Gasteiger partial charge is 0.193 e. The van der Waals surface area contributed by atoms with Crippen LogP contribution < -0.4 is 25.3 Å². The summed E-state index contributed by atoms with van der Waals surface area (Å²) in [5.74, 6) is 2.77. The molecule has 6 nitrogen and oxygen atoms in total. The topological polar surface area (TPSA) is 78.1 Å². The predicted octanol–water partition coefficient (Wildman–Crippen LogP) is 4.49. The lowest BCUT2D eigenvalue weighted by atomic mass is 9.98. The van der Waals surface area contributed by atoms with Crippen LogP contribution in [-0.2, 0) is 6.54 Å². The second kappa shape index (κ2) is 9.54. The van der Waals surface area contributed by atoms with Crippen LogP contribution in [-0.4, -0.2) is 25.3 Å². The summed E-state index contributed by atoms with van der Waals surface area (Å²) in [6, 6.07) is 13.8. The molecule has 29 heavy (non-hydrogen) atoms. The van der Waals surface area contributed by atoms with Crippen molar-refractivity contribution in [3.63, 3.8) is 0 Å². The van der Waals surface area contributed by atoms with Gasteiger partial charge in [0.2, 0.25) is 0 Å². The van der Waals surface area contributed by atoms with Crippen molar-refractivity contribution in [2.45, 2.75) is 51.2 Å². The minimum absolute atomic E-state index is 0.341. The molecule has 1 aliphatic heterocycles. The molecule has 0 radical (unpaired) electrons. The lowest BCUT2D eigenvalue weighted by Gasteiger charge is -2.23. The molecule has 154 valence electrons. The van der Waals surface area contributed by atoms with Gasteiger partial charge in [0.25, 0.3) is 0 Å². The summed E-state index contributed by atoms with van der Waals surface area (Å²) in [5.41, 5.74) is 7.98. The van der Waals surface area contributed by atoms with Gasteiger partial charge < -0.3 is 25.3 Å². The predicted molar refractivity (Wildman–Crippen MR) is 115 cm³/mol. The summed E-state index contributed by atoms with van der Waals surface area (Å²) in [7, 11) is 0. The molecular formula is C23H29N3O3. The number of benzene rings is 2. The molecule has 0 atom stereocenters. The summed E-state index contributed by atoms with van der Waals surface area (Å²) in [6.45, 7) is 1.82. The number of fused-ring (bicyclic) bond motifs is 1. The molecule has 0 spiro atoms. The fourth-order valence-corrected chi connectivity index (χ4v) is 3.70. The van der Waals surface area contributed by atoms with Gasteiger partial charge in [-0.3, -0.25) is 0 Å². The number of nitrogens with two attached hydrogens (primary N) is 1. The molecule has 1 heterocycles. The highest BCUT2D eigenvalue weighted by Crippen LogP contribution is 2.32. The van der Waals surface area contributed by atoms with Crippen molar-refractivity contribution in [2.24, 2.45) is 10.7 Å². The Morgan fingerprint density at radius 1 is 1.00 bits per heavy atom. The number of rotatable bonds is 5. The van der Waals surface area contributed by atoms with Gasteiger partial charge in [0, 0.05) is 18.2 Å². The molecule has 1 saturated carbocycles. The van der Waals surface area contributed by atoms with Gasteiger partial charge in [0.1, 0.15) is 5.75 Å². The summed E-state index contributed by atoms with van der Waals surface area (Å²) < 4.78 is 17.5. The van der Waals surface area contributed by atoms with Crippen LogP contribution in [0, 0.1) is 0 Å². The Kier molecular flexibility index (Phi) is 6.39. The Hall–Kier alpha value is -2.89. The Balaban J connectivity index is 1.35. The fourth-order valence-electron chi connectivity index (χ4n) is 3.70. The van der Waals surface area contributed by atoms with Crippen LogP contribution >= 0.6 is 0 Å². The van der Waals surface area contributed by atoms with E-state index in [4.69, 9.17) is 19.9 Å². The number of guanidine groups is 1. The molecule has 2 aliphatic rings. The van der Waals surface area contributed by atoms with E-state index in [0.717, 1.165) is 47.8 Å². The first-order chi connectivity index (χ1) is 14.3. The van der Waals surface area contributed by atoms with Crippen molar-refractivity contribution < 1.29 is 14.2 Å². The number of nitrogens with zero attached hydrogens (tertiary/aromatic N) is 1. The molecule has 0 unspecified atom stereocenters. The van der Waals surface area contributed by atoms with E-state index in [1.165, 1.54) is 19.3 Å².